The lowest BCUT2D eigenvalue weighted by Gasteiger charge is -2.18. The van der Waals surface area contributed by atoms with Gasteiger partial charge in [0.15, 0.2) is 11.5 Å². The summed E-state index contributed by atoms with van der Waals surface area (Å²) in [6, 6.07) is 6.69. The summed E-state index contributed by atoms with van der Waals surface area (Å²) in [5, 5.41) is 2.90. The van der Waals surface area contributed by atoms with Crippen molar-refractivity contribution in [2.24, 2.45) is 0 Å². The van der Waals surface area contributed by atoms with Gasteiger partial charge in [-0.15, -0.1) is 0 Å². The van der Waals surface area contributed by atoms with Crippen molar-refractivity contribution in [1.82, 2.24) is 5.32 Å². The zero-order chi connectivity index (χ0) is 18.2. The maximum Gasteiger partial charge on any atom is 0.252 e. The van der Waals surface area contributed by atoms with Crippen LogP contribution in [0.25, 0.3) is 0 Å². The third-order valence-corrected chi connectivity index (χ3v) is 3.49. The lowest BCUT2D eigenvalue weighted by atomic mass is 10.1. The van der Waals surface area contributed by atoms with Crippen LogP contribution in [0.15, 0.2) is 34.9 Å². The molecule has 0 spiro atoms. The van der Waals surface area contributed by atoms with E-state index in [4.69, 9.17) is 18.6 Å². The molecule has 6 heteroatoms. The van der Waals surface area contributed by atoms with Crippen LogP contribution in [0.4, 0.5) is 0 Å². The first-order valence-electron chi connectivity index (χ1n) is 8.51. The van der Waals surface area contributed by atoms with Gasteiger partial charge in [-0.1, -0.05) is 0 Å². The van der Waals surface area contributed by atoms with E-state index in [-0.39, 0.29) is 11.9 Å². The van der Waals surface area contributed by atoms with E-state index < -0.39 is 0 Å². The number of carbonyl (C=O) groups is 1. The van der Waals surface area contributed by atoms with E-state index in [1.54, 1.807) is 24.5 Å². The predicted octanol–water partition coefficient (Wildman–Crippen LogP) is 3.97. The highest BCUT2D eigenvalue weighted by Gasteiger charge is 2.20. The number of amides is 1. The van der Waals surface area contributed by atoms with Crippen molar-refractivity contribution in [3.63, 3.8) is 0 Å². The quantitative estimate of drug-likeness (QED) is 0.743. The average molecular weight is 347 g/mol. The van der Waals surface area contributed by atoms with Crippen molar-refractivity contribution in [2.45, 2.75) is 33.7 Å². The van der Waals surface area contributed by atoms with E-state index in [1.165, 1.54) is 0 Å². The van der Waals surface area contributed by atoms with Gasteiger partial charge in [0.25, 0.3) is 5.91 Å². The number of nitrogens with one attached hydrogen (secondary N) is 1. The van der Waals surface area contributed by atoms with Gasteiger partial charge in [-0.05, 0) is 52.0 Å². The fourth-order valence-corrected chi connectivity index (χ4v) is 2.41. The monoisotopic (exact) mass is 347 g/mol. The van der Waals surface area contributed by atoms with Crippen LogP contribution in [0.5, 0.6) is 17.2 Å². The van der Waals surface area contributed by atoms with Crippen LogP contribution in [0.3, 0.4) is 0 Å². The van der Waals surface area contributed by atoms with Crippen LogP contribution in [-0.4, -0.2) is 25.7 Å². The lowest BCUT2D eigenvalue weighted by molar-refractivity contribution is 0.0934. The first kappa shape index (κ1) is 18.7. The highest BCUT2D eigenvalue weighted by Crippen LogP contribution is 2.39. The molecule has 1 amide bonds. The molecular weight excluding hydrogens is 322 g/mol. The molecule has 0 aliphatic heterocycles. The van der Waals surface area contributed by atoms with Crippen LogP contribution in [-0.2, 0) is 0 Å². The molecule has 0 saturated heterocycles. The van der Waals surface area contributed by atoms with Crippen LogP contribution in [0.1, 0.15) is 49.9 Å². The number of ether oxygens (including phenoxy) is 3. The third kappa shape index (κ3) is 4.68. The molecule has 1 heterocycles. The molecule has 1 aromatic heterocycles. The zero-order valence-electron chi connectivity index (χ0n) is 15.1. The predicted molar refractivity (Wildman–Crippen MR) is 94.5 cm³/mol. The zero-order valence-corrected chi connectivity index (χ0v) is 15.1. The summed E-state index contributed by atoms with van der Waals surface area (Å²) in [5.41, 5.74) is 0.439. The van der Waals surface area contributed by atoms with Crippen molar-refractivity contribution >= 4 is 5.91 Å². The Hall–Kier alpha value is -2.63. The largest absolute Gasteiger partial charge is 0.490 e. The molecule has 1 N–H and O–H groups in total. The molecule has 25 heavy (non-hydrogen) atoms. The smallest absolute Gasteiger partial charge is 0.252 e. The molecule has 2 rings (SSSR count). The normalized spacial score (nSPS) is 11.7. The molecule has 0 fully saturated rings. The van der Waals surface area contributed by atoms with Gasteiger partial charge < -0.3 is 23.9 Å². The second-order valence-corrected chi connectivity index (χ2v) is 5.31. The number of hydrogen-bond donors (Lipinski definition) is 1. The Balaban J connectivity index is 2.30. The minimum Gasteiger partial charge on any atom is -0.490 e. The second-order valence-electron chi connectivity index (χ2n) is 5.31. The van der Waals surface area contributed by atoms with Gasteiger partial charge in [-0.25, -0.2) is 0 Å². The Morgan fingerprint density at radius 2 is 1.68 bits per heavy atom. The molecule has 1 aromatic carbocycles. The first-order chi connectivity index (χ1) is 12.1. The molecule has 0 unspecified atom stereocenters. The first-order valence-corrected chi connectivity index (χ1v) is 8.51. The van der Waals surface area contributed by atoms with Gasteiger partial charge in [0.2, 0.25) is 5.75 Å². The summed E-state index contributed by atoms with van der Waals surface area (Å²) in [4.78, 5) is 12.6. The Labute approximate surface area is 148 Å². The van der Waals surface area contributed by atoms with E-state index in [9.17, 15) is 4.79 Å². The van der Waals surface area contributed by atoms with Crippen LogP contribution in [0, 0.1) is 0 Å². The number of carbonyl (C=O) groups excluding carboxylic acids is 1. The van der Waals surface area contributed by atoms with Gasteiger partial charge in [0.1, 0.15) is 5.76 Å². The maximum atomic E-state index is 12.6. The second kappa shape index (κ2) is 9.01. The number of furan rings is 1. The molecule has 0 radical (unpaired) electrons. The number of rotatable bonds is 9. The summed E-state index contributed by atoms with van der Waals surface area (Å²) < 4.78 is 22.3. The van der Waals surface area contributed by atoms with Crippen molar-refractivity contribution < 1.29 is 23.4 Å². The van der Waals surface area contributed by atoms with E-state index in [2.05, 4.69) is 5.32 Å². The van der Waals surface area contributed by atoms with Crippen molar-refractivity contribution in [3.05, 3.63) is 41.9 Å². The third-order valence-electron chi connectivity index (χ3n) is 3.49. The van der Waals surface area contributed by atoms with Crippen molar-refractivity contribution in [2.75, 3.05) is 19.8 Å². The summed E-state index contributed by atoms with van der Waals surface area (Å²) in [6.07, 6.45) is 1.58. The minimum atomic E-state index is -0.250. The molecule has 2 aromatic rings. The van der Waals surface area contributed by atoms with E-state index >= 15 is 0 Å². The summed E-state index contributed by atoms with van der Waals surface area (Å²) in [5.74, 6) is 1.95. The SMILES string of the molecule is CCOc1cc(C(=O)N[C@H](C)c2ccco2)cc(OCC)c1OCC. The maximum absolute atomic E-state index is 12.6. The average Bonchev–Trinajstić information content (AvgIpc) is 3.12. The van der Waals surface area contributed by atoms with E-state index in [1.807, 2.05) is 33.8 Å². The summed E-state index contributed by atoms with van der Waals surface area (Å²) >= 11 is 0. The van der Waals surface area contributed by atoms with Gasteiger partial charge >= 0.3 is 0 Å². The topological polar surface area (TPSA) is 69.9 Å². The summed E-state index contributed by atoms with van der Waals surface area (Å²) in [6.45, 7) is 8.89. The van der Waals surface area contributed by atoms with E-state index in [0.717, 1.165) is 0 Å². The fraction of sp³-hybridized carbons (Fsp3) is 0.421. The van der Waals surface area contributed by atoms with Gasteiger partial charge in [-0.2, -0.15) is 0 Å². The summed E-state index contributed by atoms with van der Waals surface area (Å²) in [7, 11) is 0. The molecule has 0 aliphatic carbocycles. The Morgan fingerprint density at radius 3 is 2.16 bits per heavy atom. The lowest BCUT2D eigenvalue weighted by Crippen LogP contribution is -2.26. The van der Waals surface area contributed by atoms with Crippen molar-refractivity contribution in [1.29, 1.82) is 0 Å². The molecule has 1 atom stereocenters. The fourth-order valence-electron chi connectivity index (χ4n) is 2.41. The Kier molecular flexibility index (Phi) is 6.74. The standard InChI is InChI=1S/C19H25NO5/c1-5-22-16-11-14(12-17(23-6-2)18(16)24-7-3)19(21)20-13(4)15-9-8-10-25-15/h8-13H,5-7H2,1-4H3,(H,20,21)/t13-/m1/s1. The molecular formula is C19H25NO5. The van der Waals surface area contributed by atoms with Crippen LogP contribution in [0.2, 0.25) is 0 Å². The Morgan fingerprint density at radius 1 is 1.08 bits per heavy atom. The van der Waals surface area contributed by atoms with Crippen molar-refractivity contribution in [3.8, 4) is 17.2 Å². The Bertz CT molecular complexity index is 654. The molecule has 6 nitrogen and oxygen atoms in total. The van der Waals surface area contributed by atoms with Gasteiger partial charge in [-0.3, -0.25) is 4.79 Å². The van der Waals surface area contributed by atoms with Crippen LogP contribution < -0.4 is 19.5 Å². The van der Waals surface area contributed by atoms with Gasteiger partial charge in [0, 0.05) is 5.56 Å². The number of hydrogen-bond acceptors (Lipinski definition) is 5. The van der Waals surface area contributed by atoms with Crippen LogP contribution >= 0.6 is 0 Å². The molecule has 0 saturated carbocycles. The highest BCUT2D eigenvalue weighted by atomic mass is 16.5. The molecule has 136 valence electrons. The highest BCUT2D eigenvalue weighted by molar-refractivity contribution is 5.95. The number of benzene rings is 1. The molecule has 0 bridgehead atoms. The molecule has 0 aliphatic rings. The minimum absolute atomic E-state index is 0.242. The van der Waals surface area contributed by atoms with E-state index in [0.29, 0.717) is 48.4 Å². The van der Waals surface area contributed by atoms with Gasteiger partial charge in [0.05, 0.1) is 32.1 Å².